The van der Waals surface area contributed by atoms with Gasteiger partial charge in [-0.15, -0.1) is 6.58 Å². The first-order chi connectivity index (χ1) is 8.67. The van der Waals surface area contributed by atoms with Crippen molar-refractivity contribution >= 4 is 39.1 Å². The Kier molecular flexibility index (Phi) is 3.99. The molecule has 0 aliphatic heterocycles. The number of thiazole rings is 1. The van der Waals surface area contributed by atoms with Gasteiger partial charge in [-0.25, -0.2) is 0 Å². The summed E-state index contributed by atoms with van der Waals surface area (Å²) in [5.74, 6) is -0.129. The molecule has 5 heteroatoms. The van der Waals surface area contributed by atoms with Gasteiger partial charge in [0, 0.05) is 13.0 Å². The molecule has 1 heterocycles. The van der Waals surface area contributed by atoms with Crippen molar-refractivity contribution in [3.63, 3.8) is 0 Å². The zero-order valence-corrected chi connectivity index (χ0v) is 11.6. The monoisotopic (exact) mass is 280 g/mol. The molecular weight excluding hydrogens is 268 g/mol. The second-order valence-electron chi connectivity index (χ2n) is 3.73. The fourth-order valence-corrected chi connectivity index (χ4v) is 3.07. The van der Waals surface area contributed by atoms with E-state index in [1.807, 2.05) is 22.8 Å². The van der Waals surface area contributed by atoms with Crippen LogP contribution in [0.1, 0.15) is 13.3 Å². The number of nitrogens with zero attached hydrogens (tertiary/aromatic N) is 2. The number of allylic oxidation sites excluding steroid dienone is 1. The van der Waals surface area contributed by atoms with Crippen LogP contribution in [-0.2, 0) is 11.3 Å². The van der Waals surface area contributed by atoms with Gasteiger partial charge < -0.3 is 4.57 Å². The Morgan fingerprint density at radius 2 is 2.39 bits per heavy atom. The van der Waals surface area contributed by atoms with Gasteiger partial charge in [0.25, 0.3) is 0 Å². The predicted octanol–water partition coefficient (Wildman–Crippen LogP) is 3.38. The smallest absolute Gasteiger partial charge is 0.248 e. The molecule has 0 aliphatic carbocycles. The van der Waals surface area contributed by atoms with Crippen molar-refractivity contribution in [1.29, 1.82) is 0 Å². The average Bonchev–Trinajstić information content (AvgIpc) is 2.69. The van der Waals surface area contributed by atoms with E-state index in [0.29, 0.717) is 22.8 Å². The summed E-state index contributed by atoms with van der Waals surface area (Å²) in [6.45, 7) is 6.11. The zero-order valence-electron chi connectivity index (χ0n) is 10.0. The average molecular weight is 281 g/mol. The maximum atomic E-state index is 11.5. The van der Waals surface area contributed by atoms with Crippen molar-refractivity contribution in [1.82, 2.24) is 4.57 Å². The summed E-state index contributed by atoms with van der Waals surface area (Å²) < 4.78 is 2.94. The minimum absolute atomic E-state index is 0.129. The minimum atomic E-state index is -0.129. The van der Waals surface area contributed by atoms with Gasteiger partial charge >= 0.3 is 0 Å². The van der Waals surface area contributed by atoms with Crippen LogP contribution in [0, 0.1) is 0 Å². The lowest BCUT2D eigenvalue weighted by atomic mass is 10.3. The molecule has 0 saturated carbocycles. The fraction of sp³-hybridized carbons (Fsp3) is 0.231. The molecule has 0 aliphatic rings. The van der Waals surface area contributed by atoms with Crippen LogP contribution in [0.25, 0.3) is 10.2 Å². The van der Waals surface area contributed by atoms with Gasteiger partial charge in [0.1, 0.15) is 0 Å². The van der Waals surface area contributed by atoms with Crippen LogP contribution >= 0.6 is 22.9 Å². The number of fused-ring (bicyclic) bond motifs is 1. The van der Waals surface area contributed by atoms with Crippen LogP contribution in [0.15, 0.2) is 35.8 Å². The van der Waals surface area contributed by atoms with Crippen LogP contribution < -0.4 is 4.80 Å². The molecule has 0 bridgehead atoms. The summed E-state index contributed by atoms with van der Waals surface area (Å²) in [6.07, 6.45) is 2.17. The van der Waals surface area contributed by atoms with E-state index in [1.54, 1.807) is 13.0 Å². The van der Waals surface area contributed by atoms with E-state index in [4.69, 9.17) is 11.6 Å². The third-order valence-electron chi connectivity index (χ3n) is 2.49. The molecule has 0 N–H and O–H groups in total. The lowest BCUT2D eigenvalue weighted by Gasteiger charge is -2.02. The van der Waals surface area contributed by atoms with Gasteiger partial charge in [-0.05, 0) is 12.1 Å². The second-order valence-corrected chi connectivity index (χ2v) is 5.15. The summed E-state index contributed by atoms with van der Waals surface area (Å²) in [7, 11) is 0. The molecule has 0 fully saturated rings. The molecule has 2 aromatic rings. The molecule has 0 atom stereocenters. The van der Waals surface area contributed by atoms with Crippen LogP contribution in [0.4, 0.5) is 0 Å². The second kappa shape index (κ2) is 5.50. The molecule has 2 rings (SSSR count). The molecule has 18 heavy (non-hydrogen) atoms. The Labute approximate surface area is 114 Å². The number of para-hydroxylation sites is 1. The summed E-state index contributed by atoms with van der Waals surface area (Å²) in [5, 5.41) is 0.663. The molecule has 1 aromatic carbocycles. The highest BCUT2D eigenvalue weighted by molar-refractivity contribution is 7.16. The Morgan fingerprint density at radius 1 is 1.61 bits per heavy atom. The minimum Gasteiger partial charge on any atom is -0.311 e. The summed E-state index contributed by atoms with van der Waals surface area (Å²) >= 11 is 7.67. The van der Waals surface area contributed by atoms with Gasteiger partial charge in [0.05, 0.1) is 15.2 Å². The number of halogens is 1. The Hall–Kier alpha value is -1.39. The molecule has 1 amide bonds. The molecule has 0 unspecified atom stereocenters. The van der Waals surface area contributed by atoms with Gasteiger partial charge in [0.15, 0.2) is 4.80 Å². The molecule has 0 spiro atoms. The lowest BCUT2D eigenvalue weighted by Crippen LogP contribution is -2.16. The number of benzene rings is 1. The number of rotatable bonds is 3. The molecule has 3 nitrogen and oxygen atoms in total. The zero-order chi connectivity index (χ0) is 13.1. The normalized spacial score (nSPS) is 12.0. The first kappa shape index (κ1) is 13.1. The van der Waals surface area contributed by atoms with Crippen LogP contribution in [0.5, 0.6) is 0 Å². The van der Waals surface area contributed by atoms with E-state index < -0.39 is 0 Å². The standard InChI is InChI=1S/C13H13ClN2OS/c1-3-8-16-12-9(14)6-5-7-10(12)18-13(16)15-11(17)4-2/h3,5-7H,1,4,8H2,2H3. The molecule has 1 aromatic heterocycles. The predicted molar refractivity (Wildman–Crippen MR) is 75.9 cm³/mol. The van der Waals surface area contributed by atoms with E-state index >= 15 is 0 Å². The number of hydrogen-bond donors (Lipinski definition) is 0. The van der Waals surface area contributed by atoms with E-state index in [0.717, 1.165) is 10.2 Å². The van der Waals surface area contributed by atoms with Gasteiger partial charge in [-0.1, -0.05) is 42.0 Å². The van der Waals surface area contributed by atoms with Crippen LogP contribution in [-0.4, -0.2) is 10.5 Å². The highest BCUT2D eigenvalue weighted by atomic mass is 35.5. The quantitative estimate of drug-likeness (QED) is 0.794. The van der Waals surface area contributed by atoms with Crippen molar-refractivity contribution in [3.05, 3.63) is 40.7 Å². The summed E-state index contributed by atoms with van der Waals surface area (Å²) in [6, 6.07) is 5.70. The SMILES string of the molecule is C=CCn1c(=NC(=O)CC)sc2cccc(Cl)c21. The fourth-order valence-electron chi connectivity index (χ4n) is 1.66. The topological polar surface area (TPSA) is 34.4 Å². The Balaban J connectivity index is 2.77. The first-order valence-corrected chi connectivity index (χ1v) is 6.83. The van der Waals surface area contributed by atoms with E-state index in [-0.39, 0.29) is 5.91 Å². The van der Waals surface area contributed by atoms with Crippen LogP contribution in [0.3, 0.4) is 0 Å². The van der Waals surface area contributed by atoms with Crippen molar-refractivity contribution < 1.29 is 4.79 Å². The molecule has 94 valence electrons. The maximum Gasteiger partial charge on any atom is 0.248 e. The number of aromatic nitrogens is 1. The third kappa shape index (κ3) is 2.40. The molecule has 0 radical (unpaired) electrons. The van der Waals surface area contributed by atoms with Crippen LogP contribution in [0.2, 0.25) is 5.02 Å². The highest BCUT2D eigenvalue weighted by Crippen LogP contribution is 2.25. The van der Waals surface area contributed by atoms with Crippen molar-refractivity contribution in [2.45, 2.75) is 19.9 Å². The van der Waals surface area contributed by atoms with Crippen molar-refractivity contribution in [2.24, 2.45) is 4.99 Å². The number of carbonyl (C=O) groups excluding carboxylic acids is 1. The van der Waals surface area contributed by atoms with Gasteiger partial charge in [0.2, 0.25) is 5.91 Å². The lowest BCUT2D eigenvalue weighted by molar-refractivity contribution is -0.117. The highest BCUT2D eigenvalue weighted by Gasteiger charge is 2.09. The summed E-state index contributed by atoms with van der Waals surface area (Å²) in [4.78, 5) is 16.2. The molecule has 0 saturated heterocycles. The largest absolute Gasteiger partial charge is 0.311 e. The van der Waals surface area contributed by atoms with E-state index in [9.17, 15) is 4.79 Å². The Morgan fingerprint density at radius 3 is 3.06 bits per heavy atom. The van der Waals surface area contributed by atoms with Crippen molar-refractivity contribution in [3.8, 4) is 0 Å². The number of amides is 1. The number of hydrogen-bond acceptors (Lipinski definition) is 2. The van der Waals surface area contributed by atoms with Gasteiger partial charge in [-0.3, -0.25) is 4.79 Å². The van der Waals surface area contributed by atoms with Gasteiger partial charge in [-0.2, -0.15) is 4.99 Å². The summed E-state index contributed by atoms with van der Waals surface area (Å²) in [5.41, 5.74) is 0.909. The number of carbonyl (C=O) groups is 1. The van der Waals surface area contributed by atoms with E-state index in [1.165, 1.54) is 11.3 Å². The Bertz CT molecular complexity index is 669. The maximum absolute atomic E-state index is 11.5. The first-order valence-electron chi connectivity index (χ1n) is 5.63. The third-order valence-corrected chi connectivity index (χ3v) is 3.83. The van der Waals surface area contributed by atoms with Crippen molar-refractivity contribution in [2.75, 3.05) is 0 Å². The van der Waals surface area contributed by atoms with E-state index in [2.05, 4.69) is 11.6 Å². The molecular formula is C13H13ClN2OS.